The Morgan fingerprint density at radius 1 is 1.05 bits per heavy atom. The highest BCUT2D eigenvalue weighted by Gasteiger charge is 2.16. The van der Waals surface area contributed by atoms with E-state index in [1.165, 1.54) is 0 Å². The highest BCUT2D eigenvalue weighted by molar-refractivity contribution is 7.81. The molecule has 0 aliphatic carbocycles. The Kier molecular flexibility index (Phi) is 3.41. The van der Waals surface area contributed by atoms with Gasteiger partial charge in [-0.05, 0) is 24.3 Å². The summed E-state index contributed by atoms with van der Waals surface area (Å²) in [6, 6.07) is 16.4. The van der Waals surface area contributed by atoms with Gasteiger partial charge in [0.05, 0.1) is 5.69 Å². The Morgan fingerprint density at radius 3 is 2.48 bits per heavy atom. The Hall–Kier alpha value is -2.66. The van der Waals surface area contributed by atoms with Crippen molar-refractivity contribution in [2.75, 3.05) is 11.1 Å². The van der Waals surface area contributed by atoms with Gasteiger partial charge in [-0.1, -0.05) is 42.5 Å². The smallest absolute Gasteiger partial charge is 0.348 e. The maximum Gasteiger partial charge on any atom is 0.348 e. The van der Waals surface area contributed by atoms with Gasteiger partial charge in [0.2, 0.25) is 0 Å². The summed E-state index contributed by atoms with van der Waals surface area (Å²) in [5, 5.41) is 3.67. The molecule has 0 fully saturated rings. The standard InChI is InChI=1S/C16H12N2O2S/c17-14-11-8-4-5-9-12(11)20-16(19)13(14)15(21)18-10-6-2-1-3-7-10/h1-9H,17H2,(H,18,21). The third-order valence-corrected chi connectivity index (χ3v) is 3.42. The quantitative estimate of drug-likeness (QED) is 0.561. The van der Waals surface area contributed by atoms with Gasteiger partial charge in [0.15, 0.2) is 0 Å². The maximum atomic E-state index is 12.1. The molecule has 0 saturated heterocycles. The number of nitrogen functional groups attached to an aromatic ring is 1. The van der Waals surface area contributed by atoms with Crippen LogP contribution in [0.1, 0.15) is 5.56 Å². The van der Waals surface area contributed by atoms with Crippen molar-refractivity contribution in [1.82, 2.24) is 0 Å². The van der Waals surface area contributed by atoms with E-state index in [0.717, 1.165) is 5.69 Å². The molecule has 3 N–H and O–H groups in total. The molecule has 0 bridgehead atoms. The zero-order valence-corrected chi connectivity index (χ0v) is 11.8. The molecule has 4 nitrogen and oxygen atoms in total. The summed E-state index contributed by atoms with van der Waals surface area (Å²) in [7, 11) is 0. The van der Waals surface area contributed by atoms with E-state index in [1.54, 1.807) is 18.2 Å². The summed E-state index contributed by atoms with van der Waals surface area (Å²) >= 11 is 5.29. The van der Waals surface area contributed by atoms with Crippen LogP contribution in [0, 0.1) is 0 Å². The fourth-order valence-electron chi connectivity index (χ4n) is 2.10. The molecule has 5 heteroatoms. The maximum absolute atomic E-state index is 12.1. The SMILES string of the molecule is Nc1c(C(=S)Nc2ccccc2)c(=O)oc2ccccc12. The number of anilines is 2. The van der Waals surface area contributed by atoms with E-state index >= 15 is 0 Å². The number of hydrogen-bond acceptors (Lipinski definition) is 4. The Bertz CT molecular complexity index is 872. The first kappa shape index (κ1) is 13.3. The molecule has 0 amide bonds. The number of benzene rings is 2. The Balaban J connectivity index is 2.08. The van der Waals surface area contributed by atoms with Crippen molar-refractivity contribution in [3.8, 4) is 0 Å². The Labute approximate surface area is 126 Å². The van der Waals surface area contributed by atoms with Crippen LogP contribution in [0.15, 0.2) is 63.8 Å². The molecule has 0 saturated carbocycles. The second-order valence-electron chi connectivity index (χ2n) is 4.49. The molecule has 0 unspecified atom stereocenters. The second-order valence-corrected chi connectivity index (χ2v) is 4.90. The first-order valence-corrected chi connectivity index (χ1v) is 6.75. The molecule has 0 aliphatic heterocycles. The fourth-order valence-corrected chi connectivity index (χ4v) is 2.41. The lowest BCUT2D eigenvalue weighted by atomic mass is 10.1. The molecule has 0 spiro atoms. The van der Waals surface area contributed by atoms with Gasteiger partial charge in [-0.15, -0.1) is 0 Å². The van der Waals surface area contributed by atoms with Crippen LogP contribution in [0.5, 0.6) is 0 Å². The monoisotopic (exact) mass is 296 g/mol. The second kappa shape index (κ2) is 5.38. The topological polar surface area (TPSA) is 68.3 Å². The van der Waals surface area contributed by atoms with Gasteiger partial charge in [-0.2, -0.15) is 0 Å². The van der Waals surface area contributed by atoms with Crippen molar-refractivity contribution in [2.45, 2.75) is 0 Å². The molecule has 1 aromatic heterocycles. The van der Waals surface area contributed by atoms with Gasteiger partial charge >= 0.3 is 5.63 Å². The number of thiocarbonyl (C=S) groups is 1. The number of fused-ring (bicyclic) bond motifs is 1. The van der Waals surface area contributed by atoms with E-state index in [1.807, 2.05) is 36.4 Å². The molecule has 3 aromatic rings. The van der Waals surface area contributed by atoms with E-state index in [9.17, 15) is 4.79 Å². The van der Waals surface area contributed by atoms with Crippen molar-refractivity contribution in [3.63, 3.8) is 0 Å². The zero-order valence-electron chi connectivity index (χ0n) is 11.0. The molecule has 2 aromatic carbocycles. The van der Waals surface area contributed by atoms with Crippen LogP contribution in [0.3, 0.4) is 0 Å². The molecule has 0 atom stereocenters. The van der Waals surface area contributed by atoms with E-state index in [4.69, 9.17) is 22.4 Å². The lowest BCUT2D eigenvalue weighted by Crippen LogP contribution is -2.22. The van der Waals surface area contributed by atoms with Crippen LogP contribution >= 0.6 is 12.2 Å². The summed E-state index contributed by atoms with van der Waals surface area (Å²) in [6.45, 7) is 0. The molecular weight excluding hydrogens is 284 g/mol. The van der Waals surface area contributed by atoms with Crippen LogP contribution in [0.2, 0.25) is 0 Å². The van der Waals surface area contributed by atoms with Crippen molar-refractivity contribution in [2.24, 2.45) is 0 Å². The third-order valence-electron chi connectivity index (χ3n) is 3.11. The summed E-state index contributed by atoms with van der Waals surface area (Å²) in [5.74, 6) is 0. The number of rotatable bonds is 2. The highest BCUT2D eigenvalue weighted by atomic mass is 32.1. The van der Waals surface area contributed by atoms with Crippen molar-refractivity contribution in [3.05, 3.63) is 70.6 Å². The lowest BCUT2D eigenvalue weighted by molar-refractivity contribution is 0.560. The van der Waals surface area contributed by atoms with Gasteiger partial charge in [-0.3, -0.25) is 0 Å². The Morgan fingerprint density at radius 2 is 1.71 bits per heavy atom. The summed E-state index contributed by atoms with van der Waals surface area (Å²) in [5.41, 5.74) is 7.30. The minimum atomic E-state index is -0.542. The predicted molar refractivity (Wildman–Crippen MR) is 88.7 cm³/mol. The minimum Gasteiger partial charge on any atom is -0.422 e. The first-order valence-electron chi connectivity index (χ1n) is 6.34. The van der Waals surface area contributed by atoms with Crippen molar-refractivity contribution < 1.29 is 4.42 Å². The third kappa shape index (κ3) is 2.51. The summed E-state index contributed by atoms with van der Waals surface area (Å²) < 4.78 is 5.27. The van der Waals surface area contributed by atoms with E-state index in [-0.39, 0.29) is 10.6 Å². The molecule has 1 heterocycles. The van der Waals surface area contributed by atoms with Gasteiger partial charge in [0, 0.05) is 11.1 Å². The van der Waals surface area contributed by atoms with Gasteiger partial charge in [-0.25, -0.2) is 4.79 Å². The molecule has 0 aliphatic rings. The van der Waals surface area contributed by atoms with Crippen LogP contribution in [0.25, 0.3) is 11.0 Å². The summed E-state index contributed by atoms with van der Waals surface area (Å²) in [6.07, 6.45) is 0. The molecule has 21 heavy (non-hydrogen) atoms. The number of nitrogens with two attached hydrogens (primary N) is 1. The van der Waals surface area contributed by atoms with Gasteiger partial charge < -0.3 is 15.5 Å². The van der Waals surface area contributed by atoms with Crippen LogP contribution in [-0.4, -0.2) is 4.99 Å². The number of nitrogens with one attached hydrogen (secondary N) is 1. The average molecular weight is 296 g/mol. The van der Waals surface area contributed by atoms with Crippen molar-refractivity contribution >= 4 is 39.6 Å². The summed E-state index contributed by atoms with van der Waals surface area (Å²) in [4.78, 5) is 12.4. The zero-order chi connectivity index (χ0) is 14.8. The van der Waals surface area contributed by atoms with Gasteiger partial charge in [0.25, 0.3) is 0 Å². The van der Waals surface area contributed by atoms with Crippen molar-refractivity contribution in [1.29, 1.82) is 0 Å². The van der Waals surface area contributed by atoms with Crippen LogP contribution in [-0.2, 0) is 0 Å². The normalized spacial score (nSPS) is 10.5. The molecular formula is C16H12N2O2S. The molecule has 104 valence electrons. The van der Waals surface area contributed by atoms with Crippen LogP contribution < -0.4 is 16.7 Å². The fraction of sp³-hybridized carbons (Fsp3) is 0. The number of para-hydroxylation sites is 2. The number of hydrogen-bond donors (Lipinski definition) is 2. The average Bonchev–Trinajstić information content (AvgIpc) is 2.48. The van der Waals surface area contributed by atoms with Gasteiger partial charge in [0.1, 0.15) is 16.1 Å². The molecule has 3 rings (SSSR count). The van der Waals surface area contributed by atoms with E-state index in [2.05, 4.69) is 5.32 Å². The molecule has 0 radical (unpaired) electrons. The minimum absolute atomic E-state index is 0.188. The predicted octanol–water partition coefficient (Wildman–Crippen LogP) is 3.16. The van der Waals surface area contributed by atoms with Crippen LogP contribution in [0.4, 0.5) is 11.4 Å². The van der Waals surface area contributed by atoms with E-state index < -0.39 is 5.63 Å². The first-order chi connectivity index (χ1) is 10.2. The lowest BCUT2D eigenvalue weighted by Gasteiger charge is -2.10. The highest BCUT2D eigenvalue weighted by Crippen LogP contribution is 2.23. The largest absolute Gasteiger partial charge is 0.422 e. The van der Waals surface area contributed by atoms with E-state index in [0.29, 0.717) is 16.7 Å².